The van der Waals surface area contributed by atoms with Crippen molar-refractivity contribution < 1.29 is 9.13 Å². The van der Waals surface area contributed by atoms with Crippen molar-refractivity contribution in [1.29, 1.82) is 0 Å². The molecular weight excluding hydrogens is 468 g/mol. The molecular formula is C23H24Cl2FN5O2. The zero-order valence-corrected chi connectivity index (χ0v) is 19.6. The Morgan fingerprint density at radius 2 is 1.91 bits per heavy atom. The molecule has 0 radical (unpaired) electrons. The van der Waals surface area contributed by atoms with Gasteiger partial charge in [-0.3, -0.25) is 9.78 Å². The molecule has 10 heteroatoms. The third kappa shape index (κ3) is 4.88. The van der Waals surface area contributed by atoms with Crippen molar-refractivity contribution in [2.45, 2.75) is 19.4 Å². The number of nitrogens with zero attached hydrogens (tertiary/aromatic N) is 4. The zero-order valence-electron chi connectivity index (χ0n) is 18.0. The summed E-state index contributed by atoms with van der Waals surface area (Å²) in [6, 6.07) is 10.3. The van der Waals surface area contributed by atoms with Gasteiger partial charge in [-0.25, -0.2) is 4.39 Å². The molecule has 1 aliphatic rings. The van der Waals surface area contributed by atoms with Crippen molar-refractivity contribution in [3.05, 3.63) is 81.9 Å². The molecule has 4 aromatic rings. The van der Waals surface area contributed by atoms with E-state index in [9.17, 15) is 9.18 Å². The van der Waals surface area contributed by atoms with Crippen LogP contribution >= 0.6 is 24.8 Å². The average molecular weight is 492 g/mol. The molecule has 0 bridgehead atoms. The highest BCUT2D eigenvalue weighted by molar-refractivity contribution is 5.87. The van der Waals surface area contributed by atoms with E-state index in [4.69, 9.17) is 4.74 Å². The van der Waals surface area contributed by atoms with Gasteiger partial charge in [-0.2, -0.15) is 9.78 Å². The van der Waals surface area contributed by atoms with Crippen LogP contribution in [0.1, 0.15) is 17.0 Å². The Morgan fingerprint density at radius 1 is 1.09 bits per heavy atom. The molecule has 0 saturated heterocycles. The van der Waals surface area contributed by atoms with Crippen molar-refractivity contribution in [3.8, 4) is 11.4 Å². The highest BCUT2D eigenvalue weighted by Crippen LogP contribution is 2.28. The molecule has 0 fully saturated rings. The minimum Gasteiger partial charge on any atom is -0.485 e. The molecule has 0 spiro atoms. The molecule has 3 aromatic heterocycles. The molecule has 7 nitrogen and oxygen atoms in total. The zero-order chi connectivity index (χ0) is 21.4. The summed E-state index contributed by atoms with van der Waals surface area (Å²) in [5.74, 6) is -0.0668. The molecule has 4 heterocycles. The molecule has 33 heavy (non-hydrogen) atoms. The van der Waals surface area contributed by atoms with Gasteiger partial charge in [0, 0.05) is 37.2 Å². The number of aryl methyl sites for hydroxylation is 1. The van der Waals surface area contributed by atoms with Gasteiger partial charge in [-0.15, -0.1) is 24.8 Å². The summed E-state index contributed by atoms with van der Waals surface area (Å²) < 4.78 is 22.1. The molecule has 0 saturated carbocycles. The highest BCUT2D eigenvalue weighted by Gasteiger charge is 2.17. The third-order valence-electron chi connectivity index (χ3n) is 5.71. The van der Waals surface area contributed by atoms with Crippen LogP contribution in [0.4, 0.5) is 4.39 Å². The summed E-state index contributed by atoms with van der Waals surface area (Å²) in [4.78, 5) is 16.6. The van der Waals surface area contributed by atoms with E-state index in [1.807, 2.05) is 12.1 Å². The number of halogens is 3. The lowest BCUT2D eigenvalue weighted by atomic mass is 10.1. The fourth-order valence-corrected chi connectivity index (χ4v) is 4.14. The summed E-state index contributed by atoms with van der Waals surface area (Å²) in [5.41, 5.74) is 4.81. The molecule has 174 valence electrons. The molecule has 1 aliphatic heterocycles. The molecule has 0 atom stereocenters. The molecule has 5 rings (SSSR count). The van der Waals surface area contributed by atoms with E-state index >= 15 is 0 Å². The Balaban J connectivity index is 0.00000153. The minimum absolute atomic E-state index is 0. The van der Waals surface area contributed by atoms with Crippen LogP contribution in [0.15, 0.2) is 53.6 Å². The van der Waals surface area contributed by atoms with E-state index in [1.54, 1.807) is 0 Å². The Morgan fingerprint density at radius 3 is 2.67 bits per heavy atom. The van der Waals surface area contributed by atoms with E-state index in [-0.39, 0.29) is 37.0 Å². The van der Waals surface area contributed by atoms with E-state index in [1.165, 1.54) is 45.7 Å². The predicted octanol–water partition coefficient (Wildman–Crippen LogP) is 3.37. The molecule has 1 aromatic carbocycles. The number of hydrogen-bond donors (Lipinski definition) is 1. The van der Waals surface area contributed by atoms with E-state index in [2.05, 4.69) is 33.1 Å². The Hall–Kier alpha value is -2.94. The molecule has 0 unspecified atom stereocenters. The summed E-state index contributed by atoms with van der Waals surface area (Å²) in [7, 11) is 2.08. The number of fused-ring (bicyclic) bond motifs is 3. The third-order valence-corrected chi connectivity index (χ3v) is 5.71. The van der Waals surface area contributed by atoms with Gasteiger partial charge in [0.1, 0.15) is 18.2 Å². The maximum atomic E-state index is 13.0. The van der Waals surface area contributed by atoms with Crippen molar-refractivity contribution in [3.63, 3.8) is 0 Å². The number of aromatic nitrogens is 4. The van der Waals surface area contributed by atoms with E-state index < -0.39 is 5.82 Å². The fraction of sp³-hybridized carbons (Fsp3) is 0.261. The maximum absolute atomic E-state index is 13.0. The smallest absolute Gasteiger partial charge is 0.275 e. The van der Waals surface area contributed by atoms with Gasteiger partial charge in [-0.05, 0) is 42.8 Å². The normalized spacial score (nSPS) is 12.9. The first-order valence-electron chi connectivity index (χ1n) is 10.2. The lowest BCUT2D eigenvalue weighted by Crippen LogP contribution is -2.20. The number of benzene rings is 1. The van der Waals surface area contributed by atoms with Crippen LogP contribution in [-0.2, 0) is 26.5 Å². The van der Waals surface area contributed by atoms with Crippen LogP contribution in [0.3, 0.4) is 0 Å². The van der Waals surface area contributed by atoms with Crippen LogP contribution in [0.25, 0.3) is 16.6 Å². The number of hydrogen-bond acceptors (Lipinski definition) is 5. The summed E-state index contributed by atoms with van der Waals surface area (Å²) in [6.45, 7) is 2.07. The minimum atomic E-state index is -0.406. The van der Waals surface area contributed by atoms with E-state index in [0.717, 1.165) is 37.6 Å². The highest BCUT2D eigenvalue weighted by atomic mass is 35.5. The van der Waals surface area contributed by atoms with Crippen LogP contribution in [-0.4, -0.2) is 32.4 Å². The van der Waals surface area contributed by atoms with Crippen LogP contribution in [0.2, 0.25) is 0 Å². The van der Waals surface area contributed by atoms with Gasteiger partial charge in [0.25, 0.3) is 5.56 Å². The predicted molar refractivity (Wildman–Crippen MR) is 130 cm³/mol. The second-order valence-electron chi connectivity index (χ2n) is 7.63. The lowest BCUT2D eigenvalue weighted by Gasteiger charge is -2.09. The lowest BCUT2D eigenvalue weighted by molar-refractivity contribution is 0.298. The molecule has 0 aliphatic carbocycles. The van der Waals surface area contributed by atoms with Crippen molar-refractivity contribution >= 4 is 35.7 Å². The number of rotatable bonds is 4. The first-order valence-corrected chi connectivity index (χ1v) is 10.2. The largest absolute Gasteiger partial charge is 0.485 e. The standard InChI is InChI=1S/C23H22FN5O2.2ClH/c1-28-21-7-9-25-8-6-20(21)19-5-4-17(10-22(19)28)29-23(30)11-18(13-27-29)31-14-16-3-2-15(24)12-26-16;;/h2-5,10-13,25H,6-9,14H2,1H3;2*1H. The Labute approximate surface area is 202 Å². The molecule has 0 amide bonds. The molecule has 1 N–H and O–H groups in total. The van der Waals surface area contributed by atoms with Crippen LogP contribution in [0, 0.1) is 5.82 Å². The van der Waals surface area contributed by atoms with Crippen molar-refractivity contribution in [2.24, 2.45) is 7.05 Å². The van der Waals surface area contributed by atoms with Gasteiger partial charge in [0.2, 0.25) is 0 Å². The first-order chi connectivity index (χ1) is 15.1. The van der Waals surface area contributed by atoms with E-state index in [0.29, 0.717) is 17.1 Å². The van der Waals surface area contributed by atoms with Gasteiger partial charge >= 0.3 is 0 Å². The topological polar surface area (TPSA) is 74.0 Å². The van der Waals surface area contributed by atoms with Crippen LogP contribution < -0.4 is 15.6 Å². The SMILES string of the molecule is Cl.Cl.Cn1c2c(c3ccc(-n4ncc(OCc5ccc(F)cn5)cc4=O)cc31)CCNCC2. The average Bonchev–Trinajstić information content (AvgIpc) is 2.93. The second kappa shape index (κ2) is 10.3. The maximum Gasteiger partial charge on any atom is 0.275 e. The van der Waals surface area contributed by atoms with Gasteiger partial charge < -0.3 is 14.6 Å². The monoisotopic (exact) mass is 491 g/mol. The van der Waals surface area contributed by atoms with Gasteiger partial charge in [0.15, 0.2) is 0 Å². The van der Waals surface area contributed by atoms with Crippen LogP contribution in [0.5, 0.6) is 5.75 Å². The van der Waals surface area contributed by atoms with Crippen molar-refractivity contribution in [2.75, 3.05) is 13.1 Å². The quantitative estimate of drug-likeness (QED) is 0.473. The number of pyridine rings is 1. The second-order valence-corrected chi connectivity index (χ2v) is 7.63. The van der Waals surface area contributed by atoms with Gasteiger partial charge in [0.05, 0.1) is 29.3 Å². The summed E-state index contributed by atoms with van der Waals surface area (Å²) >= 11 is 0. The van der Waals surface area contributed by atoms with Gasteiger partial charge in [-0.1, -0.05) is 6.07 Å². The van der Waals surface area contributed by atoms with Crippen molar-refractivity contribution in [1.82, 2.24) is 24.6 Å². The Bertz CT molecular complexity index is 1320. The summed E-state index contributed by atoms with van der Waals surface area (Å²) in [6.07, 6.45) is 4.62. The number of ether oxygens (including phenoxy) is 1. The Kier molecular flexibility index (Phi) is 7.73. The number of nitrogens with one attached hydrogen (secondary N) is 1. The first kappa shape index (κ1) is 24.7. The fourth-order valence-electron chi connectivity index (χ4n) is 4.14. The summed E-state index contributed by atoms with van der Waals surface area (Å²) in [5, 5.41) is 8.96.